The monoisotopic (exact) mass is 87.1 g/mol. The SMILES string of the molecule is C=C(N)C(N)N. The summed E-state index contributed by atoms with van der Waals surface area (Å²) in [4.78, 5) is 0. The Balaban J connectivity index is 3.26. The highest BCUT2D eigenvalue weighted by atomic mass is 14.9. The molecule has 0 aromatic carbocycles. The van der Waals surface area contributed by atoms with Crippen molar-refractivity contribution in [3.05, 3.63) is 12.3 Å². The third kappa shape index (κ3) is 1.75. The summed E-state index contributed by atoms with van der Waals surface area (Å²) < 4.78 is 0. The number of hydrogen-bond acceptors (Lipinski definition) is 3. The average Bonchev–Trinajstić information content (AvgIpc) is 1.36. The van der Waals surface area contributed by atoms with E-state index in [4.69, 9.17) is 17.2 Å². The Morgan fingerprint density at radius 3 is 1.67 bits per heavy atom. The molecule has 36 valence electrons. The third-order valence-corrected chi connectivity index (χ3v) is 0.428. The van der Waals surface area contributed by atoms with Gasteiger partial charge in [0.05, 0.1) is 6.17 Å². The Bertz CT molecular complexity index is 57.1. The fourth-order valence-electron chi connectivity index (χ4n) is 0. The van der Waals surface area contributed by atoms with Gasteiger partial charge >= 0.3 is 0 Å². The number of rotatable bonds is 1. The molecular weight excluding hydrogens is 78.1 g/mol. The lowest BCUT2D eigenvalue weighted by atomic mass is 10.4. The van der Waals surface area contributed by atoms with Crippen LogP contribution >= 0.6 is 0 Å². The van der Waals surface area contributed by atoms with Gasteiger partial charge in [-0.05, 0) is 0 Å². The van der Waals surface area contributed by atoms with Gasteiger partial charge in [0.1, 0.15) is 0 Å². The van der Waals surface area contributed by atoms with Gasteiger partial charge in [-0.3, -0.25) is 0 Å². The molecule has 0 heterocycles. The van der Waals surface area contributed by atoms with Crippen molar-refractivity contribution >= 4 is 0 Å². The fraction of sp³-hybridized carbons (Fsp3) is 0.333. The molecule has 0 aromatic heterocycles. The maximum atomic E-state index is 4.99. The van der Waals surface area contributed by atoms with Crippen LogP contribution in [0.15, 0.2) is 12.3 Å². The van der Waals surface area contributed by atoms with Crippen molar-refractivity contribution in [2.75, 3.05) is 0 Å². The molecule has 0 atom stereocenters. The van der Waals surface area contributed by atoms with Gasteiger partial charge in [-0.1, -0.05) is 6.58 Å². The van der Waals surface area contributed by atoms with Gasteiger partial charge in [0.2, 0.25) is 0 Å². The van der Waals surface area contributed by atoms with Crippen molar-refractivity contribution in [3.63, 3.8) is 0 Å². The second-order valence-electron chi connectivity index (χ2n) is 1.10. The first-order valence-electron chi connectivity index (χ1n) is 1.60. The summed E-state index contributed by atoms with van der Waals surface area (Å²) in [5, 5.41) is 0. The highest BCUT2D eigenvalue weighted by Gasteiger charge is 1.88. The van der Waals surface area contributed by atoms with Crippen LogP contribution in [0.1, 0.15) is 0 Å². The van der Waals surface area contributed by atoms with Crippen molar-refractivity contribution in [2.24, 2.45) is 17.2 Å². The van der Waals surface area contributed by atoms with Gasteiger partial charge in [-0.25, -0.2) is 0 Å². The molecule has 3 heteroatoms. The molecule has 0 unspecified atom stereocenters. The lowest BCUT2D eigenvalue weighted by molar-refractivity contribution is 0.810. The first-order valence-corrected chi connectivity index (χ1v) is 1.60. The van der Waals surface area contributed by atoms with Crippen molar-refractivity contribution < 1.29 is 0 Å². The molecule has 0 spiro atoms. The molecule has 0 saturated carbocycles. The Morgan fingerprint density at radius 1 is 1.50 bits per heavy atom. The summed E-state index contributed by atoms with van der Waals surface area (Å²) >= 11 is 0. The average molecular weight is 87.1 g/mol. The summed E-state index contributed by atoms with van der Waals surface area (Å²) in [5.74, 6) is 0. The molecule has 0 amide bonds. The van der Waals surface area contributed by atoms with Gasteiger partial charge in [0.15, 0.2) is 0 Å². The van der Waals surface area contributed by atoms with E-state index in [1.54, 1.807) is 0 Å². The van der Waals surface area contributed by atoms with Gasteiger partial charge in [-0.2, -0.15) is 0 Å². The predicted octanol–water partition coefficient (Wildman–Crippen LogP) is -1.30. The van der Waals surface area contributed by atoms with Crippen LogP contribution in [0.4, 0.5) is 0 Å². The zero-order valence-electron chi connectivity index (χ0n) is 3.52. The van der Waals surface area contributed by atoms with Crippen LogP contribution in [-0.2, 0) is 0 Å². The summed E-state index contributed by atoms with van der Waals surface area (Å²) in [6, 6.07) is 0. The van der Waals surface area contributed by atoms with Crippen LogP contribution in [0.5, 0.6) is 0 Å². The Kier molecular flexibility index (Phi) is 1.63. The lowest BCUT2D eigenvalue weighted by Crippen LogP contribution is -2.35. The van der Waals surface area contributed by atoms with E-state index in [-0.39, 0.29) is 0 Å². The van der Waals surface area contributed by atoms with E-state index in [1.807, 2.05) is 0 Å². The molecule has 0 aliphatic carbocycles. The van der Waals surface area contributed by atoms with Crippen molar-refractivity contribution in [2.45, 2.75) is 6.17 Å². The van der Waals surface area contributed by atoms with Crippen LogP contribution in [-0.4, -0.2) is 6.17 Å². The minimum absolute atomic E-state index is 0.315. The molecule has 6 N–H and O–H groups in total. The fourth-order valence-corrected chi connectivity index (χ4v) is 0. The van der Waals surface area contributed by atoms with Crippen molar-refractivity contribution in [1.29, 1.82) is 0 Å². The first kappa shape index (κ1) is 5.46. The summed E-state index contributed by atoms with van der Waals surface area (Å²) in [6.07, 6.45) is -0.565. The van der Waals surface area contributed by atoms with Crippen LogP contribution in [0, 0.1) is 0 Å². The molecule has 0 aromatic rings. The molecule has 0 rings (SSSR count). The molecule has 3 nitrogen and oxygen atoms in total. The van der Waals surface area contributed by atoms with E-state index in [1.165, 1.54) is 0 Å². The number of nitrogens with two attached hydrogens (primary N) is 3. The first-order chi connectivity index (χ1) is 2.64. The maximum Gasteiger partial charge on any atom is 0.0925 e. The summed E-state index contributed by atoms with van der Waals surface area (Å²) in [5.41, 5.74) is 15.3. The summed E-state index contributed by atoms with van der Waals surface area (Å²) in [7, 11) is 0. The maximum absolute atomic E-state index is 4.99. The van der Waals surface area contributed by atoms with Crippen LogP contribution < -0.4 is 17.2 Å². The highest BCUT2D eigenvalue weighted by Crippen LogP contribution is 1.70. The highest BCUT2D eigenvalue weighted by molar-refractivity contribution is 4.93. The van der Waals surface area contributed by atoms with Gasteiger partial charge in [-0.15, -0.1) is 0 Å². The van der Waals surface area contributed by atoms with Gasteiger partial charge < -0.3 is 17.2 Å². The predicted molar refractivity (Wildman–Crippen MR) is 25.5 cm³/mol. The Morgan fingerprint density at radius 2 is 1.67 bits per heavy atom. The molecule has 0 aliphatic heterocycles. The summed E-state index contributed by atoms with van der Waals surface area (Å²) in [6.45, 7) is 3.28. The van der Waals surface area contributed by atoms with Gasteiger partial charge in [0, 0.05) is 5.70 Å². The lowest BCUT2D eigenvalue weighted by Gasteiger charge is -1.99. The Hall–Kier alpha value is -0.540. The van der Waals surface area contributed by atoms with E-state index in [0.29, 0.717) is 5.70 Å². The quantitative estimate of drug-likeness (QED) is 0.348. The van der Waals surface area contributed by atoms with Crippen LogP contribution in [0.2, 0.25) is 0 Å². The van der Waals surface area contributed by atoms with E-state index in [9.17, 15) is 0 Å². The minimum atomic E-state index is -0.565. The normalized spacial score (nSPS) is 9.17. The van der Waals surface area contributed by atoms with Crippen molar-refractivity contribution in [1.82, 2.24) is 0 Å². The molecule has 0 aliphatic rings. The second kappa shape index (κ2) is 1.79. The Labute approximate surface area is 36.8 Å². The van der Waals surface area contributed by atoms with E-state index >= 15 is 0 Å². The third-order valence-electron chi connectivity index (χ3n) is 0.428. The van der Waals surface area contributed by atoms with E-state index in [0.717, 1.165) is 0 Å². The van der Waals surface area contributed by atoms with Crippen molar-refractivity contribution in [3.8, 4) is 0 Å². The van der Waals surface area contributed by atoms with Crippen LogP contribution in [0.25, 0.3) is 0 Å². The topological polar surface area (TPSA) is 78.1 Å². The van der Waals surface area contributed by atoms with E-state index < -0.39 is 6.17 Å². The largest absolute Gasteiger partial charge is 0.400 e. The molecule has 0 saturated heterocycles. The molecule has 0 radical (unpaired) electrons. The molecule has 0 bridgehead atoms. The molecular formula is C3H9N3. The number of hydrogen-bond donors (Lipinski definition) is 3. The smallest absolute Gasteiger partial charge is 0.0925 e. The van der Waals surface area contributed by atoms with Gasteiger partial charge in [0.25, 0.3) is 0 Å². The van der Waals surface area contributed by atoms with E-state index in [2.05, 4.69) is 6.58 Å². The molecule has 0 fully saturated rings. The zero-order valence-corrected chi connectivity index (χ0v) is 3.52. The minimum Gasteiger partial charge on any atom is -0.400 e. The standard InChI is InChI=1S/C3H9N3/c1-2(4)3(5)6/h3H,1,4-6H2. The second-order valence-corrected chi connectivity index (χ2v) is 1.10. The zero-order chi connectivity index (χ0) is 5.15. The molecule has 6 heavy (non-hydrogen) atoms. The van der Waals surface area contributed by atoms with Crippen LogP contribution in [0.3, 0.4) is 0 Å².